The van der Waals surface area contributed by atoms with Gasteiger partial charge in [-0.25, -0.2) is 22.1 Å². The molecule has 0 saturated carbocycles. The summed E-state index contributed by atoms with van der Waals surface area (Å²) in [6, 6.07) is 0.595. The van der Waals surface area contributed by atoms with Crippen molar-refractivity contribution in [2.75, 3.05) is 26.7 Å². The highest BCUT2D eigenvalue weighted by atomic mass is 16.4. The van der Waals surface area contributed by atoms with Gasteiger partial charge >= 0.3 is 11.9 Å². The molecule has 6 N–H and O–H groups in total. The summed E-state index contributed by atoms with van der Waals surface area (Å²) in [6.07, 6.45) is 105. The highest BCUT2D eigenvalue weighted by molar-refractivity contribution is 5.73. The van der Waals surface area contributed by atoms with Crippen molar-refractivity contribution in [2.45, 2.75) is 634 Å². The Bertz CT molecular complexity index is 2370. The third kappa shape index (κ3) is 74.9. The van der Waals surface area contributed by atoms with E-state index >= 15 is 0 Å². The fraction of sp³-hybridized carbons (Fsp3) is 0.981. The maximum atomic E-state index is 10.9. The number of nitrogens with zero attached hydrogens (tertiary/aromatic N) is 12. The second-order valence-electron chi connectivity index (χ2n) is 40.3. The van der Waals surface area contributed by atoms with E-state index in [0.29, 0.717) is 26.0 Å². The van der Waals surface area contributed by atoms with E-state index in [4.69, 9.17) is 10.2 Å². The number of nitrogens with one attached hydrogen (secondary N) is 4. The van der Waals surface area contributed by atoms with Crippen LogP contribution < -0.4 is 22.1 Å². The van der Waals surface area contributed by atoms with Crippen molar-refractivity contribution >= 4 is 11.9 Å². The van der Waals surface area contributed by atoms with Crippen LogP contribution in [0.5, 0.6) is 0 Å². The standard InChI is InChI=1S/C20H42N4.C19H40N4.2C18H38N4.C16H32O2.C15H30O2/c1-4-7-8-9-10-11-12-13-14-15-16-17-18-20(5-2,6-3)24-19-21-22-23-24;1-4-6-7-8-9-10-11-12-13-14-15-16-17-19(3,5-2)23-18-20-21-22-23;1-4-5-6-7-8-9-10-11-12-13-14-15-16-18(2,3)22-17-19-20-21-22;1-3-5-6-7-8-9-10-11-12-13-14-15-16-18(4-2)22-17-19-20-21-22;1-4-5-6-7-8-9-10-11-12-13-14-16(2,3)15(17)18;1-3-4-5-6-7-8-9-10-11-12-13-14(2)15(16)17/h4-19H2,1-3H3,(H,21,23);4-18H2,1-3H3,(H,20,22);4-17H2,1-3H3,(H,19,21);18H,3-17H2,1-2H3,(H,19,21);4-14H2,1-3H3,(H,17,18);14H,3-13H2,1-2H3,(H,16,17). The van der Waals surface area contributed by atoms with Crippen molar-refractivity contribution in [3.8, 4) is 0 Å². The second-order valence-corrected chi connectivity index (χ2v) is 40.3. The minimum Gasteiger partial charge on any atom is -0.481 e. The smallest absolute Gasteiger partial charge is 0.309 e. The highest BCUT2D eigenvalue weighted by Crippen LogP contribution is 2.33. The van der Waals surface area contributed by atoms with Crippen LogP contribution in [0, 0.1) is 11.3 Å². The molecule has 4 rings (SSSR count). The Hall–Kier alpha value is -3.62. The van der Waals surface area contributed by atoms with Gasteiger partial charge in [-0.3, -0.25) is 9.59 Å². The third-order valence-electron chi connectivity index (χ3n) is 28.0. The number of carboxylic acid groups (broad SMARTS) is 2. The second kappa shape index (κ2) is 91.9. The van der Waals surface area contributed by atoms with Crippen LogP contribution >= 0.6 is 0 Å². The van der Waals surface area contributed by atoms with Crippen LogP contribution in [0.1, 0.15) is 612 Å². The molecule has 0 aromatic carbocycles. The summed E-state index contributed by atoms with van der Waals surface area (Å²) < 4.78 is 0. The fourth-order valence-corrected chi connectivity index (χ4v) is 17.8. The van der Waals surface area contributed by atoms with Crippen LogP contribution in [-0.2, 0) is 9.59 Å². The third-order valence-corrected chi connectivity index (χ3v) is 28.0. The van der Waals surface area contributed by atoms with Gasteiger partial charge in [0.1, 0.15) is 26.7 Å². The molecular weight excluding hydrogens is 1560 g/mol. The molecule has 0 saturated heterocycles. The number of hydrazine groups is 4. The SMILES string of the molecule is CCCCCCCCCCCCC(C)(C)C(=O)O.CCCCCCCCCCCCC(C)C(=O)O.CCCCCCCCCCCCCCC(C)(C)N1CN=NN1.CCCCCCCCCCCCCCC(C)(CC)N1CN=NN1.CCCCCCCCCCCCCCC(CC)(CC)N1CN=NN1.CCCCCCCCCCCCCCC(CC)N1CN=NN1. The number of hydrogen-bond acceptors (Lipinski definition) is 18. The molecule has 0 aromatic heterocycles. The van der Waals surface area contributed by atoms with Crippen molar-refractivity contribution in [2.24, 2.45) is 52.7 Å². The topological polar surface area (TPSA) is 235 Å². The Labute approximate surface area is 783 Å². The van der Waals surface area contributed by atoms with Crippen molar-refractivity contribution in [1.82, 2.24) is 42.2 Å². The van der Waals surface area contributed by atoms with E-state index in [1.807, 2.05) is 13.8 Å². The van der Waals surface area contributed by atoms with Gasteiger partial charge in [-0.1, -0.05) is 534 Å². The quantitative estimate of drug-likeness (QED) is 0.0312. The molecule has 4 aliphatic rings. The molecule has 0 amide bonds. The first-order valence-corrected chi connectivity index (χ1v) is 55.3. The molecule has 0 radical (unpaired) electrons. The van der Waals surface area contributed by atoms with E-state index in [-0.39, 0.29) is 22.5 Å². The molecule has 0 bridgehead atoms. The molecule has 3 unspecified atom stereocenters. The molecule has 20 heteroatoms. The van der Waals surface area contributed by atoms with Gasteiger partial charge in [0.25, 0.3) is 0 Å². The Morgan fingerprint density at radius 1 is 0.286 bits per heavy atom. The van der Waals surface area contributed by atoms with E-state index < -0.39 is 17.4 Å². The average Bonchev–Trinajstić information content (AvgIpc) is 1.65. The lowest BCUT2D eigenvalue weighted by Gasteiger charge is -2.39. The van der Waals surface area contributed by atoms with Crippen LogP contribution in [-0.4, -0.2) is 91.5 Å². The molecule has 126 heavy (non-hydrogen) atoms. The zero-order valence-corrected chi connectivity index (χ0v) is 87.2. The van der Waals surface area contributed by atoms with Crippen LogP contribution in [0.4, 0.5) is 0 Å². The van der Waals surface area contributed by atoms with Gasteiger partial charge in [0, 0.05) is 22.7 Å². The molecular formula is C106H220N16O4. The predicted molar refractivity (Wildman–Crippen MR) is 543 cm³/mol. The van der Waals surface area contributed by atoms with Crippen LogP contribution in [0.3, 0.4) is 0 Å². The van der Waals surface area contributed by atoms with Crippen LogP contribution in [0.25, 0.3) is 0 Å². The van der Waals surface area contributed by atoms with Gasteiger partial charge < -0.3 is 10.2 Å². The first kappa shape index (κ1) is 124. The Morgan fingerprint density at radius 3 is 0.802 bits per heavy atom. The Balaban J connectivity index is 0. The van der Waals surface area contributed by atoms with Gasteiger partial charge in [0.15, 0.2) is 0 Å². The number of rotatable bonds is 84. The number of carboxylic acids is 2. The van der Waals surface area contributed by atoms with Crippen molar-refractivity contribution in [1.29, 1.82) is 0 Å². The lowest BCUT2D eigenvalue weighted by Crippen LogP contribution is -2.51. The monoisotopic (exact) mass is 1780 g/mol. The summed E-state index contributed by atoms with van der Waals surface area (Å²) in [4.78, 5) is 21.5. The average molecular weight is 1780 g/mol. The lowest BCUT2D eigenvalue weighted by atomic mass is 9.86. The largest absolute Gasteiger partial charge is 0.481 e. The van der Waals surface area contributed by atoms with Crippen molar-refractivity contribution < 1.29 is 19.8 Å². The van der Waals surface area contributed by atoms with E-state index in [9.17, 15) is 9.59 Å². The highest BCUT2D eigenvalue weighted by Gasteiger charge is 2.36. The van der Waals surface area contributed by atoms with Crippen molar-refractivity contribution in [3.63, 3.8) is 0 Å². The minimum atomic E-state index is -0.668. The zero-order chi connectivity index (χ0) is 93.1. The van der Waals surface area contributed by atoms with Crippen molar-refractivity contribution in [3.05, 3.63) is 0 Å². The summed E-state index contributed by atoms with van der Waals surface area (Å²) >= 11 is 0. The van der Waals surface area contributed by atoms with E-state index in [1.165, 1.54) is 469 Å². The van der Waals surface area contributed by atoms with Gasteiger partial charge in [0.2, 0.25) is 0 Å². The minimum absolute atomic E-state index is 0.155. The summed E-state index contributed by atoms with van der Waals surface area (Å²) in [7, 11) is 0. The van der Waals surface area contributed by atoms with Crippen LogP contribution in [0.15, 0.2) is 41.4 Å². The van der Waals surface area contributed by atoms with Gasteiger partial charge in [-0.2, -0.15) is 40.5 Å². The number of unbranched alkanes of at least 4 members (excludes halogenated alkanes) is 62. The zero-order valence-electron chi connectivity index (χ0n) is 87.2. The molecule has 0 fully saturated rings. The molecule has 748 valence electrons. The fourth-order valence-electron chi connectivity index (χ4n) is 17.8. The molecule has 0 aromatic rings. The molecule has 20 nitrogen and oxygen atoms in total. The first-order chi connectivity index (χ1) is 61.2. The number of carbonyl (C=O) groups is 2. The summed E-state index contributed by atoms with van der Waals surface area (Å²) in [5.74, 6) is -1.48. The van der Waals surface area contributed by atoms with Gasteiger partial charge in [-0.15, -0.1) is 0 Å². The summed E-state index contributed by atoms with van der Waals surface area (Å²) in [5, 5.41) is 58.0. The predicted octanol–water partition coefficient (Wildman–Crippen LogP) is 35.6. The Morgan fingerprint density at radius 2 is 0.540 bits per heavy atom. The van der Waals surface area contributed by atoms with E-state index in [2.05, 4.69) is 174 Å². The van der Waals surface area contributed by atoms with E-state index in [0.717, 1.165) is 38.8 Å². The summed E-state index contributed by atoms with van der Waals surface area (Å²) in [6.45, 7) is 37.9. The number of aliphatic carboxylic acids is 2. The number of hydrogen-bond donors (Lipinski definition) is 6. The van der Waals surface area contributed by atoms with Crippen LogP contribution in [0.2, 0.25) is 0 Å². The first-order valence-electron chi connectivity index (χ1n) is 55.3. The maximum absolute atomic E-state index is 10.9. The molecule has 0 spiro atoms. The van der Waals surface area contributed by atoms with Gasteiger partial charge in [-0.05, 0) is 98.8 Å². The van der Waals surface area contributed by atoms with Gasteiger partial charge in [0.05, 0.1) is 11.3 Å². The molecule has 4 aliphatic heterocycles. The maximum Gasteiger partial charge on any atom is 0.309 e. The van der Waals surface area contributed by atoms with E-state index in [1.54, 1.807) is 6.92 Å². The molecule has 0 aliphatic carbocycles. The Kier molecular flexibility index (Phi) is 90.7. The summed E-state index contributed by atoms with van der Waals surface area (Å²) in [5.41, 5.74) is 12.1. The molecule has 3 atom stereocenters. The normalized spacial score (nSPS) is 14.9. The molecule has 4 heterocycles. The lowest BCUT2D eigenvalue weighted by molar-refractivity contribution is -0.147.